The number of carboxylic acid groups (broad SMARTS) is 2. The second-order valence-electron chi connectivity index (χ2n) is 7.08. The molecule has 0 aliphatic carbocycles. The van der Waals surface area contributed by atoms with Gasteiger partial charge in [-0.25, -0.2) is 4.79 Å². The van der Waals surface area contributed by atoms with Crippen LogP contribution in [0.3, 0.4) is 0 Å². The molecular formula is C21H26N2O8. The van der Waals surface area contributed by atoms with E-state index in [1.54, 1.807) is 0 Å². The van der Waals surface area contributed by atoms with Gasteiger partial charge in [-0.15, -0.1) is 0 Å². The molecule has 0 radical (unpaired) electrons. The summed E-state index contributed by atoms with van der Waals surface area (Å²) in [5.74, 6) is -5.19. The van der Waals surface area contributed by atoms with Crippen molar-refractivity contribution in [2.75, 3.05) is 13.2 Å². The van der Waals surface area contributed by atoms with Crippen LogP contribution in [0.2, 0.25) is 0 Å². The summed E-state index contributed by atoms with van der Waals surface area (Å²) in [6.45, 7) is 5.81. The summed E-state index contributed by atoms with van der Waals surface area (Å²) >= 11 is 0. The highest BCUT2D eigenvalue weighted by atomic mass is 16.7. The van der Waals surface area contributed by atoms with Crippen LogP contribution in [0.15, 0.2) is 40.5 Å². The molecule has 1 aromatic carbocycles. The van der Waals surface area contributed by atoms with Crippen LogP contribution in [-0.2, 0) is 19.1 Å². The Hall–Kier alpha value is -3.11. The monoisotopic (exact) mass is 434 g/mol. The lowest BCUT2D eigenvalue weighted by Gasteiger charge is -2.32. The molecule has 1 heterocycles. The molecule has 2 atom stereocenters. The summed E-state index contributed by atoms with van der Waals surface area (Å²) in [6.07, 6.45) is 0.198. The molecule has 1 aromatic rings. The highest BCUT2D eigenvalue weighted by Gasteiger charge is 2.44. The van der Waals surface area contributed by atoms with E-state index >= 15 is 0 Å². The molecule has 0 saturated carbocycles. The van der Waals surface area contributed by atoms with E-state index in [1.165, 1.54) is 31.2 Å². The number of non-ortho nitro benzene ring substituents is 1. The molecule has 0 bridgehead atoms. The Morgan fingerprint density at radius 1 is 1.19 bits per heavy atom. The number of aliphatic carboxylic acids is 2. The smallest absolute Gasteiger partial charge is 0.334 e. The van der Waals surface area contributed by atoms with Crippen molar-refractivity contribution in [3.05, 3.63) is 51.2 Å². The number of carboxylic acids is 2. The predicted molar refractivity (Wildman–Crippen MR) is 111 cm³/mol. The van der Waals surface area contributed by atoms with Crippen molar-refractivity contribution in [3.8, 4) is 0 Å². The molecule has 0 fully saturated rings. The number of nitrogens with zero attached hydrogens (tertiary/aromatic N) is 2. The predicted octanol–water partition coefficient (Wildman–Crippen LogP) is 3.37. The topological polar surface area (TPSA) is 149 Å². The van der Waals surface area contributed by atoms with E-state index < -0.39 is 35.0 Å². The van der Waals surface area contributed by atoms with E-state index in [0.29, 0.717) is 12.8 Å². The molecule has 31 heavy (non-hydrogen) atoms. The first-order valence-corrected chi connectivity index (χ1v) is 9.95. The molecule has 2 rings (SSSR count). The highest BCUT2D eigenvalue weighted by Crippen LogP contribution is 2.41. The zero-order valence-corrected chi connectivity index (χ0v) is 17.6. The summed E-state index contributed by atoms with van der Waals surface area (Å²) in [6, 6.07) is 5.31. The summed E-state index contributed by atoms with van der Waals surface area (Å²) in [5.41, 5.74) is -0.254. The Morgan fingerprint density at radius 3 is 2.29 bits per heavy atom. The molecule has 0 spiro atoms. The Balaban J connectivity index is 2.73. The molecular weight excluding hydrogens is 408 g/mol. The average molecular weight is 434 g/mol. The zero-order valence-electron chi connectivity index (χ0n) is 17.6. The van der Waals surface area contributed by atoms with Crippen LogP contribution in [0.5, 0.6) is 0 Å². The fourth-order valence-electron chi connectivity index (χ4n) is 3.48. The van der Waals surface area contributed by atoms with Gasteiger partial charge in [0, 0.05) is 37.0 Å². The normalized spacial score (nSPS) is 18.8. The number of hydrogen-bond donors (Lipinski definition) is 2. The lowest BCUT2D eigenvalue weighted by Crippen LogP contribution is -2.38. The zero-order chi connectivity index (χ0) is 23.1. The van der Waals surface area contributed by atoms with Crippen molar-refractivity contribution in [3.63, 3.8) is 0 Å². The molecule has 1 aliphatic rings. The maximum Gasteiger partial charge on any atom is 0.334 e. The molecule has 10 heteroatoms. The first kappa shape index (κ1) is 24.2. The third-order valence-electron chi connectivity index (χ3n) is 4.77. The number of rotatable bonds is 11. The van der Waals surface area contributed by atoms with Crippen LogP contribution in [0.1, 0.15) is 45.1 Å². The molecule has 10 nitrogen and oxygen atoms in total. The van der Waals surface area contributed by atoms with Gasteiger partial charge in [0.2, 0.25) is 6.29 Å². The van der Waals surface area contributed by atoms with Crippen molar-refractivity contribution >= 4 is 23.3 Å². The van der Waals surface area contributed by atoms with Gasteiger partial charge >= 0.3 is 11.9 Å². The minimum atomic E-state index is -1.39. The number of benzene rings is 1. The maximum atomic E-state index is 12.3. The Morgan fingerprint density at radius 2 is 1.81 bits per heavy atom. The summed E-state index contributed by atoms with van der Waals surface area (Å²) in [4.78, 5) is 39.3. The third kappa shape index (κ3) is 5.53. The lowest BCUT2D eigenvalue weighted by atomic mass is 9.75. The number of carbonyl (C=O) groups is 2. The first-order valence-electron chi connectivity index (χ1n) is 9.95. The van der Waals surface area contributed by atoms with Crippen LogP contribution < -0.4 is 0 Å². The second kappa shape index (κ2) is 10.8. The van der Waals surface area contributed by atoms with E-state index in [0.717, 1.165) is 0 Å². The van der Waals surface area contributed by atoms with E-state index in [9.17, 15) is 29.9 Å². The van der Waals surface area contributed by atoms with Crippen molar-refractivity contribution in [1.82, 2.24) is 0 Å². The van der Waals surface area contributed by atoms with Crippen molar-refractivity contribution in [2.24, 2.45) is 10.9 Å². The first-order chi connectivity index (χ1) is 14.7. The Kier molecular flexibility index (Phi) is 8.40. The molecule has 2 unspecified atom stereocenters. The van der Waals surface area contributed by atoms with Crippen molar-refractivity contribution in [1.29, 1.82) is 0 Å². The third-order valence-corrected chi connectivity index (χ3v) is 4.77. The van der Waals surface area contributed by atoms with Gasteiger partial charge in [-0.2, -0.15) is 0 Å². The minimum Gasteiger partial charge on any atom is -0.481 e. The fourth-order valence-corrected chi connectivity index (χ4v) is 3.48. The van der Waals surface area contributed by atoms with Gasteiger partial charge in [-0.05, 0) is 25.3 Å². The van der Waals surface area contributed by atoms with Crippen LogP contribution >= 0.6 is 0 Å². The van der Waals surface area contributed by atoms with Crippen molar-refractivity contribution in [2.45, 2.75) is 45.8 Å². The van der Waals surface area contributed by atoms with Gasteiger partial charge in [0.25, 0.3) is 5.69 Å². The molecule has 0 aromatic heterocycles. The largest absolute Gasteiger partial charge is 0.481 e. The number of nitro groups is 1. The van der Waals surface area contributed by atoms with Gasteiger partial charge in [-0.1, -0.05) is 26.0 Å². The standard InChI is InChI=1S/C21H26N2O8/c1-4-9-30-21(31-10-5-2)18-17(20(26)27)16(15(19(24)25)12(3)22-18)13-7-6-8-14(11-13)23(28)29/h6-8,11,15-16,21H,4-5,9-10H2,1-3H3,(H,24,25)(H,26,27). The average Bonchev–Trinajstić information content (AvgIpc) is 2.72. The Bertz CT molecular complexity index is 900. The van der Waals surface area contributed by atoms with Gasteiger partial charge < -0.3 is 19.7 Å². The SMILES string of the molecule is CCCOC(OCCC)C1=C(C(=O)O)C(c2cccc([N+](=O)[O-])c2)C(C(=O)O)C(C)=N1. The molecule has 168 valence electrons. The van der Waals surface area contributed by atoms with E-state index in [2.05, 4.69) is 4.99 Å². The van der Waals surface area contributed by atoms with Gasteiger partial charge in [0.05, 0.1) is 10.5 Å². The molecule has 2 N–H and O–H groups in total. The molecule has 0 saturated heterocycles. The van der Waals surface area contributed by atoms with Gasteiger partial charge in [-0.3, -0.25) is 19.9 Å². The highest BCUT2D eigenvalue weighted by molar-refractivity contribution is 6.06. The van der Waals surface area contributed by atoms with Gasteiger partial charge in [0.1, 0.15) is 11.6 Å². The minimum absolute atomic E-state index is 0.0269. The fraction of sp³-hybridized carbons (Fsp3) is 0.476. The van der Waals surface area contributed by atoms with Crippen LogP contribution in [-0.4, -0.2) is 52.3 Å². The summed E-state index contributed by atoms with van der Waals surface area (Å²) < 4.78 is 11.4. The van der Waals surface area contributed by atoms with Crippen LogP contribution in [0.4, 0.5) is 5.69 Å². The van der Waals surface area contributed by atoms with Gasteiger partial charge in [0.15, 0.2) is 0 Å². The van der Waals surface area contributed by atoms with Crippen LogP contribution in [0.25, 0.3) is 0 Å². The van der Waals surface area contributed by atoms with Crippen LogP contribution in [0, 0.1) is 16.0 Å². The maximum absolute atomic E-state index is 12.3. The second-order valence-corrected chi connectivity index (χ2v) is 7.08. The number of ether oxygens (including phenoxy) is 2. The van der Waals surface area contributed by atoms with E-state index in [4.69, 9.17) is 9.47 Å². The molecule has 0 amide bonds. The van der Waals surface area contributed by atoms with E-state index in [-0.39, 0.29) is 41.4 Å². The number of hydrogen-bond acceptors (Lipinski definition) is 7. The quantitative estimate of drug-likeness (QED) is 0.306. The van der Waals surface area contributed by atoms with Crippen molar-refractivity contribution < 1.29 is 34.2 Å². The molecule has 1 aliphatic heterocycles. The number of nitro benzene ring substituents is 1. The Labute approximate surface area is 179 Å². The number of aliphatic imine (C=N–C) groups is 1. The summed E-state index contributed by atoms with van der Waals surface area (Å²) in [5, 5.41) is 31.1. The summed E-state index contributed by atoms with van der Waals surface area (Å²) in [7, 11) is 0. The van der Waals surface area contributed by atoms with E-state index in [1.807, 2.05) is 13.8 Å². The lowest BCUT2D eigenvalue weighted by molar-refractivity contribution is -0.384.